The molecule has 2 aromatic rings. The molecule has 0 radical (unpaired) electrons. The highest BCUT2D eigenvalue weighted by Gasteiger charge is 2.14. The van der Waals surface area contributed by atoms with E-state index < -0.39 is 6.10 Å². The number of hydrogen-bond donors (Lipinski definition) is 3. The van der Waals surface area contributed by atoms with Gasteiger partial charge < -0.3 is 15.7 Å². The molecular formula is C18H26N4O2. The van der Waals surface area contributed by atoms with E-state index in [1.165, 1.54) is 0 Å². The fraction of sp³-hybridized carbons (Fsp3) is 0.444. The molecule has 6 heteroatoms. The summed E-state index contributed by atoms with van der Waals surface area (Å²) < 4.78 is 1.76. The fourth-order valence-electron chi connectivity index (χ4n) is 2.68. The molecule has 2 amide bonds. The summed E-state index contributed by atoms with van der Waals surface area (Å²) in [5, 5.41) is 20.3. The average Bonchev–Trinajstić information content (AvgIpc) is 2.93. The highest BCUT2D eigenvalue weighted by atomic mass is 16.3. The van der Waals surface area contributed by atoms with E-state index in [9.17, 15) is 9.90 Å². The first kappa shape index (κ1) is 18.0. The van der Waals surface area contributed by atoms with Crippen LogP contribution in [0.25, 0.3) is 0 Å². The molecule has 6 nitrogen and oxygen atoms in total. The summed E-state index contributed by atoms with van der Waals surface area (Å²) >= 11 is 0. The highest BCUT2D eigenvalue weighted by molar-refractivity contribution is 5.74. The molecule has 1 aromatic carbocycles. The molecular weight excluding hydrogens is 304 g/mol. The SMILES string of the molecule is CCc1nn(C)cc1CNC(=O)NC(C)CC(O)c1ccccc1. The van der Waals surface area contributed by atoms with Gasteiger partial charge in [0.15, 0.2) is 0 Å². The Kier molecular flexibility index (Phi) is 6.37. The van der Waals surface area contributed by atoms with Crippen LogP contribution >= 0.6 is 0 Å². The lowest BCUT2D eigenvalue weighted by molar-refractivity contribution is 0.154. The first-order valence-corrected chi connectivity index (χ1v) is 8.28. The normalized spacial score (nSPS) is 13.3. The molecule has 2 rings (SSSR count). The van der Waals surface area contributed by atoms with Crippen molar-refractivity contribution < 1.29 is 9.90 Å². The molecule has 24 heavy (non-hydrogen) atoms. The zero-order valence-electron chi connectivity index (χ0n) is 14.5. The number of rotatable bonds is 7. The van der Waals surface area contributed by atoms with Crippen LogP contribution in [0.1, 0.15) is 43.2 Å². The average molecular weight is 330 g/mol. The molecule has 0 bridgehead atoms. The third-order valence-electron chi connectivity index (χ3n) is 3.90. The number of carbonyl (C=O) groups is 1. The quantitative estimate of drug-likeness (QED) is 0.729. The Morgan fingerprint density at radius 1 is 1.33 bits per heavy atom. The van der Waals surface area contributed by atoms with Gasteiger partial charge in [-0.25, -0.2) is 4.79 Å². The van der Waals surface area contributed by atoms with Gasteiger partial charge in [0.1, 0.15) is 0 Å². The van der Waals surface area contributed by atoms with E-state index in [1.807, 2.05) is 57.4 Å². The minimum Gasteiger partial charge on any atom is -0.388 e. The van der Waals surface area contributed by atoms with E-state index in [-0.39, 0.29) is 12.1 Å². The minimum atomic E-state index is -0.591. The number of aryl methyl sites for hydroxylation is 2. The van der Waals surface area contributed by atoms with Gasteiger partial charge in [0.2, 0.25) is 0 Å². The van der Waals surface area contributed by atoms with E-state index in [0.29, 0.717) is 13.0 Å². The Morgan fingerprint density at radius 2 is 2.04 bits per heavy atom. The van der Waals surface area contributed by atoms with Crippen LogP contribution in [0.4, 0.5) is 4.79 Å². The number of carbonyl (C=O) groups excluding carboxylic acids is 1. The molecule has 0 fully saturated rings. The number of aliphatic hydroxyl groups excluding tert-OH is 1. The van der Waals surface area contributed by atoms with Gasteiger partial charge in [-0.05, 0) is 25.3 Å². The molecule has 0 saturated heterocycles. The predicted molar refractivity (Wildman–Crippen MR) is 93.4 cm³/mol. The van der Waals surface area contributed by atoms with Crippen LogP contribution in [-0.4, -0.2) is 27.0 Å². The van der Waals surface area contributed by atoms with Crippen LogP contribution in [0.15, 0.2) is 36.5 Å². The van der Waals surface area contributed by atoms with Crippen LogP contribution in [-0.2, 0) is 20.0 Å². The maximum Gasteiger partial charge on any atom is 0.315 e. The van der Waals surface area contributed by atoms with Crippen LogP contribution in [0, 0.1) is 0 Å². The second kappa shape index (κ2) is 8.49. The Morgan fingerprint density at radius 3 is 2.71 bits per heavy atom. The number of hydrogen-bond acceptors (Lipinski definition) is 3. The van der Waals surface area contributed by atoms with Crippen LogP contribution < -0.4 is 10.6 Å². The number of urea groups is 1. The Balaban J connectivity index is 1.79. The van der Waals surface area contributed by atoms with Crippen molar-refractivity contribution >= 4 is 6.03 Å². The van der Waals surface area contributed by atoms with Gasteiger partial charge in [-0.15, -0.1) is 0 Å². The smallest absolute Gasteiger partial charge is 0.315 e. The first-order chi connectivity index (χ1) is 11.5. The van der Waals surface area contributed by atoms with Crippen molar-refractivity contribution in [2.45, 2.75) is 45.4 Å². The number of amides is 2. The fourth-order valence-corrected chi connectivity index (χ4v) is 2.68. The van der Waals surface area contributed by atoms with Gasteiger partial charge in [0.25, 0.3) is 0 Å². The van der Waals surface area contributed by atoms with E-state index in [1.54, 1.807) is 4.68 Å². The second-order valence-corrected chi connectivity index (χ2v) is 6.02. The lowest BCUT2D eigenvalue weighted by Gasteiger charge is -2.18. The second-order valence-electron chi connectivity index (χ2n) is 6.02. The van der Waals surface area contributed by atoms with Gasteiger partial charge in [0.05, 0.1) is 11.8 Å². The third kappa shape index (κ3) is 5.09. The number of aliphatic hydroxyl groups is 1. The van der Waals surface area contributed by atoms with Gasteiger partial charge >= 0.3 is 6.03 Å². The number of nitrogens with one attached hydrogen (secondary N) is 2. The third-order valence-corrected chi connectivity index (χ3v) is 3.90. The summed E-state index contributed by atoms with van der Waals surface area (Å²) in [5.74, 6) is 0. The summed E-state index contributed by atoms with van der Waals surface area (Å²) in [4.78, 5) is 12.0. The largest absolute Gasteiger partial charge is 0.388 e. The van der Waals surface area contributed by atoms with Crippen molar-refractivity contribution in [2.75, 3.05) is 0 Å². The molecule has 1 aromatic heterocycles. The molecule has 2 atom stereocenters. The summed E-state index contributed by atoms with van der Waals surface area (Å²) in [6.45, 7) is 4.36. The maximum atomic E-state index is 12.0. The van der Waals surface area contributed by atoms with Gasteiger partial charge in [-0.2, -0.15) is 5.10 Å². The zero-order valence-corrected chi connectivity index (χ0v) is 14.5. The van der Waals surface area contributed by atoms with E-state index in [4.69, 9.17) is 0 Å². The standard InChI is InChI=1S/C18H26N4O2/c1-4-16-15(12-22(3)21-16)11-19-18(24)20-13(2)10-17(23)14-8-6-5-7-9-14/h5-9,12-13,17,23H,4,10-11H2,1-3H3,(H2,19,20,24). The predicted octanol–water partition coefficient (Wildman–Crippen LogP) is 2.29. The van der Waals surface area contributed by atoms with E-state index in [2.05, 4.69) is 15.7 Å². The first-order valence-electron chi connectivity index (χ1n) is 8.28. The van der Waals surface area contributed by atoms with Gasteiger partial charge in [-0.3, -0.25) is 4.68 Å². The maximum absolute atomic E-state index is 12.0. The lowest BCUT2D eigenvalue weighted by Crippen LogP contribution is -2.41. The Labute approximate surface area is 142 Å². The highest BCUT2D eigenvalue weighted by Crippen LogP contribution is 2.17. The lowest BCUT2D eigenvalue weighted by atomic mass is 10.0. The molecule has 2 unspecified atom stereocenters. The number of nitrogens with zero attached hydrogens (tertiary/aromatic N) is 2. The topological polar surface area (TPSA) is 79.2 Å². The molecule has 0 aliphatic carbocycles. The molecule has 0 aliphatic rings. The summed E-state index contributed by atoms with van der Waals surface area (Å²) in [6.07, 6.45) is 2.62. The summed E-state index contributed by atoms with van der Waals surface area (Å²) in [6, 6.07) is 9.08. The van der Waals surface area contributed by atoms with Crippen LogP contribution in [0.2, 0.25) is 0 Å². The molecule has 0 saturated carbocycles. The zero-order chi connectivity index (χ0) is 17.5. The summed E-state index contributed by atoms with van der Waals surface area (Å²) in [7, 11) is 1.87. The molecule has 1 heterocycles. The van der Waals surface area contributed by atoms with Crippen molar-refractivity contribution in [1.29, 1.82) is 0 Å². The molecule has 130 valence electrons. The number of benzene rings is 1. The minimum absolute atomic E-state index is 0.139. The van der Waals surface area contributed by atoms with E-state index >= 15 is 0 Å². The Bertz CT molecular complexity index is 654. The Hall–Kier alpha value is -2.34. The van der Waals surface area contributed by atoms with Crippen LogP contribution in [0.3, 0.4) is 0 Å². The van der Waals surface area contributed by atoms with Crippen molar-refractivity contribution in [2.24, 2.45) is 7.05 Å². The monoisotopic (exact) mass is 330 g/mol. The molecule has 0 spiro atoms. The van der Waals surface area contributed by atoms with E-state index in [0.717, 1.165) is 23.2 Å². The summed E-state index contributed by atoms with van der Waals surface area (Å²) in [5.41, 5.74) is 2.87. The van der Waals surface area contributed by atoms with Gasteiger partial charge in [-0.1, -0.05) is 37.3 Å². The number of aromatic nitrogens is 2. The van der Waals surface area contributed by atoms with Crippen molar-refractivity contribution in [1.82, 2.24) is 20.4 Å². The van der Waals surface area contributed by atoms with Gasteiger partial charge in [0, 0.05) is 31.4 Å². The van der Waals surface area contributed by atoms with Crippen molar-refractivity contribution in [3.63, 3.8) is 0 Å². The molecule has 0 aliphatic heterocycles. The van der Waals surface area contributed by atoms with Crippen LogP contribution in [0.5, 0.6) is 0 Å². The van der Waals surface area contributed by atoms with Crippen molar-refractivity contribution in [3.05, 3.63) is 53.3 Å². The van der Waals surface area contributed by atoms with Crippen molar-refractivity contribution in [3.8, 4) is 0 Å². The molecule has 3 N–H and O–H groups in total.